The number of fused-ring (bicyclic) bond motifs is 2. The summed E-state index contributed by atoms with van der Waals surface area (Å²) >= 11 is 0. The SMILES string of the molecule is CCOC(=O)Cn1c(=O)n(-c2ccccc2)c(=O)c2cc3c(nc21)CC(C)(C)OC3. The molecular formula is C22H23N3O5. The van der Waals surface area contributed by atoms with Crippen LogP contribution in [-0.2, 0) is 33.8 Å². The van der Waals surface area contributed by atoms with E-state index in [9.17, 15) is 14.4 Å². The smallest absolute Gasteiger partial charge is 0.337 e. The van der Waals surface area contributed by atoms with Gasteiger partial charge in [0.25, 0.3) is 5.56 Å². The van der Waals surface area contributed by atoms with Gasteiger partial charge in [-0.15, -0.1) is 0 Å². The van der Waals surface area contributed by atoms with E-state index in [1.165, 1.54) is 4.57 Å². The van der Waals surface area contributed by atoms with Gasteiger partial charge in [0, 0.05) is 12.0 Å². The van der Waals surface area contributed by atoms with Crippen LogP contribution in [0.15, 0.2) is 46.0 Å². The van der Waals surface area contributed by atoms with E-state index >= 15 is 0 Å². The molecule has 156 valence electrons. The van der Waals surface area contributed by atoms with E-state index in [2.05, 4.69) is 4.98 Å². The van der Waals surface area contributed by atoms with Gasteiger partial charge in [-0.3, -0.25) is 14.2 Å². The average Bonchev–Trinajstić information content (AvgIpc) is 2.70. The maximum Gasteiger partial charge on any atom is 0.337 e. The van der Waals surface area contributed by atoms with Crippen molar-refractivity contribution in [2.75, 3.05) is 6.61 Å². The van der Waals surface area contributed by atoms with Crippen LogP contribution in [0.25, 0.3) is 16.7 Å². The van der Waals surface area contributed by atoms with Crippen LogP contribution in [0.3, 0.4) is 0 Å². The lowest BCUT2D eigenvalue weighted by Crippen LogP contribution is -2.41. The van der Waals surface area contributed by atoms with Gasteiger partial charge in [-0.25, -0.2) is 14.3 Å². The Morgan fingerprint density at radius 2 is 1.97 bits per heavy atom. The van der Waals surface area contributed by atoms with Crippen molar-refractivity contribution in [3.63, 3.8) is 0 Å². The minimum absolute atomic E-state index is 0.182. The first-order valence-corrected chi connectivity index (χ1v) is 9.84. The van der Waals surface area contributed by atoms with Crippen LogP contribution >= 0.6 is 0 Å². The van der Waals surface area contributed by atoms with Crippen LogP contribution in [0.5, 0.6) is 0 Å². The Labute approximate surface area is 172 Å². The van der Waals surface area contributed by atoms with Crippen molar-refractivity contribution < 1.29 is 14.3 Å². The standard InChI is InChI=1S/C22H23N3O5/c1-4-29-18(26)12-24-19-16(10-14-13-30-22(2,3)11-17(14)23-19)20(27)25(21(24)28)15-8-6-5-7-9-15/h5-10H,4,11-13H2,1-3H3. The van der Waals surface area contributed by atoms with Gasteiger partial charge in [-0.1, -0.05) is 18.2 Å². The average molecular weight is 409 g/mol. The number of para-hydroxylation sites is 1. The molecular weight excluding hydrogens is 386 g/mol. The zero-order chi connectivity index (χ0) is 21.5. The Balaban J connectivity index is 2.02. The molecule has 0 fully saturated rings. The maximum absolute atomic E-state index is 13.3. The lowest BCUT2D eigenvalue weighted by molar-refractivity contribution is -0.143. The second-order valence-electron chi connectivity index (χ2n) is 7.84. The van der Waals surface area contributed by atoms with Crippen LogP contribution in [0.1, 0.15) is 32.0 Å². The first kappa shape index (κ1) is 20.0. The first-order valence-electron chi connectivity index (χ1n) is 9.84. The third kappa shape index (κ3) is 3.54. The number of pyridine rings is 1. The molecule has 4 rings (SSSR count). The minimum atomic E-state index is -0.634. The van der Waals surface area contributed by atoms with Crippen LogP contribution in [0.4, 0.5) is 0 Å². The number of hydrogen-bond donors (Lipinski definition) is 0. The summed E-state index contributed by atoms with van der Waals surface area (Å²) in [5, 5.41) is 0.254. The predicted molar refractivity (Wildman–Crippen MR) is 111 cm³/mol. The summed E-state index contributed by atoms with van der Waals surface area (Å²) in [5.74, 6) is -0.567. The molecule has 1 aliphatic rings. The highest BCUT2D eigenvalue weighted by Crippen LogP contribution is 2.28. The molecule has 0 spiro atoms. The number of benzene rings is 1. The molecule has 0 N–H and O–H groups in total. The van der Waals surface area contributed by atoms with E-state index < -0.39 is 22.8 Å². The lowest BCUT2D eigenvalue weighted by Gasteiger charge is -2.31. The van der Waals surface area contributed by atoms with Gasteiger partial charge in [-0.05, 0) is 39.0 Å². The molecule has 0 saturated heterocycles. The number of aromatic nitrogens is 3. The summed E-state index contributed by atoms with van der Waals surface area (Å²) in [6.07, 6.45) is 0.535. The van der Waals surface area contributed by atoms with E-state index in [1.54, 1.807) is 43.3 Å². The summed E-state index contributed by atoms with van der Waals surface area (Å²) in [6.45, 7) is 5.80. The molecule has 0 amide bonds. The minimum Gasteiger partial charge on any atom is -0.465 e. The molecule has 8 nitrogen and oxygen atoms in total. The zero-order valence-electron chi connectivity index (χ0n) is 17.2. The molecule has 1 aliphatic heterocycles. The number of hydrogen-bond acceptors (Lipinski definition) is 6. The number of carbonyl (C=O) groups excluding carboxylic acids is 1. The molecule has 2 aromatic heterocycles. The van der Waals surface area contributed by atoms with Crippen LogP contribution in [0.2, 0.25) is 0 Å². The van der Waals surface area contributed by atoms with Crippen molar-refractivity contribution in [3.8, 4) is 5.69 Å². The number of carbonyl (C=O) groups is 1. The molecule has 0 saturated carbocycles. The molecule has 0 aliphatic carbocycles. The second-order valence-corrected chi connectivity index (χ2v) is 7.84. The number of nitrogens with zero attached hydrogens (tertiary/aromatic N) is 3. The molecule has 3 aromatic rings. The van der Waals surface area contributed by atoms with E-state index in [0.29, 0.717) is 18.7 Å². The van der Waals surface area contributed by atoms with Crippen LogP contribution < -0.4 is 11.2 Å². The Bertz CT molecular complexity index is 1240. The predicted octanol–water partition coefficient (Wildman–Crippen LogP) is 1.96. The Hall–Kier alpha value is -3.26. The first-order chi connectivity index (χ1) is 14.3. The van der Waals surface area contributed by atoms with Gasteiger partial charge in [0.2, 0.25) is 0 Å². The summed E-state index contributed by atoms with van der Waals surface area (Å²) in [7, 11) is 0. The van der Waals surface area contributed by atoms with E-state index in [0.717, 1.165) is 15.8 Å². The molecule has 1 aromatic carbocycles. The molecule has 0 unspecified atom stereocenters. The topological polar surface area (TPSA) is 92.4 Å². The molecule has 30 heavy (non-hydrogen) atoms. The highest BCUT2D eigenvalue weighted by molar-refractivity contribution is 5.78. The molecule has 8 heteroatoms. The number of rotatable bonds is 4. The monoisotopic (exact) mass is 409 g/mol. The quantitative estimate of drug-likeness (QED) is 0.612. The fourth-order valence-corrected chi connectivity index (χ4v) is 3.65. The fourth-order valence-electron chi connectivity index (χ4n) is 3.65. The van der Waals surface area contributed by atoms with Gasteiger partial charge in [0.1, 0.15) is 12.2 Å². The largest absolute Gasteiger partial charge is 0.465 e. The van der Waals surface area contributed by atoms with E-state index in [1.807, 2.05) is 13.8 Å². The van der Waals surface area contributed by atoms with Crippen molar-refractivity contribution in [2.45, 2.75) is 45.9 Å². The summed E-state index contributed by atoms with van der Waals surface area (Å²) in [5.41, 5.74) is 0.641. The fraction of sp³-hybridized carbons (Fsp3) is 0.364. The van der Waals surface area contributed by atoms with Gasteiger partial charge >= 0.3 is 11.7 Å². The van der Waals surface area contributed by atoms with Gasteiger partial charge in [0.05, 0.1) is 35.6 Å². The van der Waals surface area contributed by atoms with Crippen molar-refractivity contribution in [1.82, 2.24) is 14.1 Å². The third-order valence-electron chi connectivity index (χ3n) is 5.10. The Morgan fingerprint density at radius 3 is 2.67 bits per heavy atom. The number of esters is 1. The Morgan fingerprint density at radius 1 is 1.23 bits per heavy atom. The van der Waals surface area contributed by atoms with Crippen LogP contribution in [-0.4, -0.2) is 32.3 Å². The summed E-state index contributed by atoms with van der Waals surface area (Å²) < 4.78 is 13.2. The lowest BCUT2D eigenvalue weighted by atomic mass is 9.95. The van der Waals surface area contributed by atoms with Crippen molar-refractivity contribution >= 4 is 17.0 Å². The molecule has 3 heterocycles. The molecule has 0 radical (unpaired) electrons. The van der Waals surface area contributed by atoms with Gasteiger partial charge in [0.15, 0.2) is 0 Å². The zero-order valence-corrected chi connectivity index (χ0v) is 17.2. The second kappa shape index (κ2) is 7.53. The van der Waals surface area contributed by atoms with Crippen molar-refractivity contribution in [2.24, 2.45) is 0 Å². The normalized spacial score (nSPS) is 15.0. The third-order valence-corrected chi connectivity index (χ3v) is 5.10. The summed E-state index contributed by atoms with van der Waals surface area (Å²) in [6, 6.07) is 10.3. The van der Waals surface area contributed by atoms with Crippen LogP contribution in [0, 0.1) is 0 Å². The van der Waals surface area contributed by atoms with Crippen molar-refractivity contribution in [1.29, 1.82) is 0 Å². The van der Waals surface area contributed by atoms with Gasteiger partial charge in [-0.2, -0.15) is 0 Å². The molecule has 0 bridgehead atoms. The van der Waals surface area contributed by atoms with Gasteiger partial charge < -0.3 is 9.47 Å². The highest BCUT2D eigenvalue weighted by Gasteiger charge is 2.29. The van der Waals surface area contributed by atoms with E-state index in [-0.39, 0.29) is 24.2 Å². The van der Waals surface area contributed by atoms with Crippen molar-refractivity contribution in [3.05, 3.63) is 68.5 Å². The van der Waals surface area contributed by atoms with E-state index in [4.69, 9.17) is 9.47 Å². The Kier molecular flexibility index (Phi) is 5.03. The maximum atomic E-state index is 13.3. The highest BCUT2D eigenvalue weighted by atomic mass is 16.5. The number of ether oxygens (including phenoxy) is 2. The summed E-state index contributed by atoms with van der Waals surface area (Å²) in [4.78, 5) is 43.4. The molecule has 0 atom stereocenters.